The Hall–Kier alpha value is -2.70. The Kier molecular flexibility index (Phi) is 5.68. The van der Waals surface area contributed by atoms with Gasteiger partial charge in [-0.1, -0.05) is 12.1 Å². The summed E-state index contributed by atoms with van der Waals surface area (Å²) in [7, 11) is 0. The van der Waals surface area contributed by atoms with E-state index in [1.165, 1.54) is 0 Å². The third-order valence-electron chi connectivity index (χ3n) is 3.54. The second kappa shape index (κ2) is 7.72. The van der Waals surface area contributed by atoms with E-state index in [4.69, 9.17) is 0 Å². The molecule has 128 valence electrons. The second-order valence-electron chi connectivity index (χ2n) is 6.07. The van der Waals surface area contributed by atoms with E-state index in [1.807, 2.05) is 50.5 Å². The van der Waals surface area contributed by atoms with Crippen molar-refractivity contribution in [1.29, 1.82) is 0 Å². The Balaban J connectivity index is 1.90. The molecule has 0 fully saturated rings. The largest absolute Gasteiger partial charge is 0.346 e. The van der Waals surface area contributed by atoms with E-state index < -0.39 is 0 Å². The number of nitrogens with zero attached hydrogens (tertiary/aromatic N) is 3. The number of carbonyl (C=O) groups is 2. The molecular formula is C17H23N5O2. The molecule has 2 rings (SSSR count). The molecule has 0 bridgehead atoms. The van der Waals surface area contributed by atoms with E-state index in [1.54, 1.807) is 12.4 Å². The predicted molar refractivity (Wildman–Crippen MR) is 91.4 cm³/mol. The number of carbonyl (C=O) groups excluding carboxylic acids is 2. The van der Waals surface area contributed by atoms with E-state index in [0.717, 1.165) is 5.56 Å². The monoisotopic (exact) mass is 329 g/mol. The summed E-state index contributed by atoms with van der Waals surface area (Å²) in [6.45, 7) is 7.78. The van der Waals surface area contributed by atoms with Crippen LogP contribution in [0.5, 0.6) is 0 Å². The minimum Gasteiger partial charge on any atom is -0.346 e. The summed E-state index contributed by atoms with van der Waals surface area (Å²) < 4.78 is 1.89. The first-order valence-electron chi connectivity index (χ1n) is 7.92. The standard InChI is InChI=1S/C17H23N5O2/c1-11(2)22-10-18-21-17(22)13(4)19-15(23)9-16(24)20-14-7-5-6-12(3)8-14/h5-8,10-11,13H,9H2,1-4H3,(H,19,23)(H,20,24). The lowest BCUT2D eigenvalue weighted by molar-refractivity contribution is -0.127. The van der Waals surface area contributed by atoms with E-state index in [-0.39, 0.29) is 30.3 Å². The molecule has 0 saturated heterocycles. The summed E-state index contributed by atoms with van der Waals surface area (Å²) in [5, 5.41) is 13.4. The zero-order valence-corrected chi connectivity index (χ0v) is 14.4. The SMILES string of the molecule is Cc1cccc(NC(=O)CC(=O)NC(C)c2nncn2C(C)C)c1. The van der Waals surface area contributed by atoms with Crippen LogP contribution in [0.25, 0.3) is 0 Å². The number of aromatic nitrogens is 3. The van der Waals surface area contributed by atoms with Crippen LogP contribution in [0.4, 0.5) is 5.69 Å². The van der Waals surface area contributed by atoms with Gasteiger partial charge in [-0.3, -0.25) is 9.59 Å². The molecule has 1 heterocycles. The van der Waals surface area contributed by atoms with Crippen molar-refractivity contribution in [3.8, 4) is 0 Å². The van der Waals surface area contributed by atoms with Crippen molar-refractivity contribution in [2.24, 2.45) is 0 Å². The number of hydrogen-bond donors (Lipinski definition) is 2. The maximum atomic E-state index is 12.1. The average Bonchev–Trinajstić information content (AvgIpc) is 2.96. The number of nitrogens with one attached hydrogen (secondary N) is 2. The first-order valence-corrected chi connectivity index (χ1v) is 7.92. The molecule has 0 aliphatic rings. The topological polar surface area (TPSA) is 88.9 Å². The highest BCUT2D eigenvalue weighted by atomic mass is 16.2. The second-order valence-corrected chi connectivity index (χ2v) is 6.07. The van der Waals surface area contributed by atoms with Gasteiger partial charge in [-0.15, -0.1) is 10.2 Å². The number of aryl methyl sites for hydroxylation is 1. The van der Waals surface area contributed by atoms with Gasteiger partial charge in [0.2, 0.25) is 11.8 Å². The van der Waals surface area contributed by atoms with Gasteiger partial charge in [-0.05, 0) is 45.4 Å². The Bertz CT molecular complexity index is 723. The van der Waals surface area contributed by atoms with Crippen LogP contribution in [0.15, 0.2) is 30.6 Å². The summed E-state index contributed by atoms with van der Waals surface area (Å²) in [5.41, 5.74) is 1.72. The van der Waals surface area contributed by atoms with E-state index in [9.17, 15) is 9.59 Å². The number of anilines is 1. The lowest BCUT2D eigenvalue weighted by Crippen LogP contribution is -2.31. The molecule has 1 aromatic heterocycles. The average molecular weight is 329 g/mol. The van der Waals surface area contributed by atoms with E-state index in [0.29, 0.717) is 11.5 Å². The van der Waals surface area contributed by atoms with Gasteiger partial charge in [0.25, 0.3) is 0 Å². The Morgan fingerprint density at radius 1 is 1.21 bits per heavy atom. The van der Waals surface area contributed by atoms with Crippen LogP contribution in [0.1, 0.15) is 50.7 Å². The molecule has 2 N–H and O–H groups in total. The van der Waals surface area contributed by atoms with E-state index in [2.05, 4.69) is 20.8 Å². The molecular weight excluding hydrogens is 306 g/mol. The highest BCUT2D eigenvalue weighted by Gasteiger charge is 2.18. The van der Waals surface area contributed by atoms with Crippen molar-refractivity contribution in [2.75, 3.05) is 5.32 Å². The van der Waals surface area contributed by atoms with Gasteiger partial charge in [0, 0.05) is 11.7 Å². The molecule has 1 aromatic carbocycles. The predicted octanol–water partition coefficient (Wildman–Crippen LogP) is 2.37. The summed E-state index contributed by atoms with van der Waals surface area (Å²) >= 11 is 0. The summed E-state index contributed by atoms with van der Waals surface area (Å²) in [5.74, 6) is -0.0426. The van der Waals surface area contributed by atoms with Crippen molar-refractivity contribution in [3.05, 3.63) is 42.0 Å². The number of amides is 2. The van der Waals surface area contributed by atoms with Crippen molar-refractivity contribution in [1.82, 2.24) is 20.1 Å². The first-order chi connectivity index (χ1) is 11.4. The maximum Gasteiger partial charge on any atom is 0.233 e. The highest BCUT2D eigenvalue weighted by Crippen LogP contribution is 2.14. The zero-order chi connectivity index (χ0) is 17.7. The van der Waals surface area contributed by atoms with Gasteiger partial charge >= 0.3 is 0 Å². The molecule has 0 aliphatic carbocycles. The molecule has 2 amide bonds. The van der Waals surface area contributed by atoms with Gasteiger partial charge < -0.3 is 15.2 Å². The summed E-state index contributed by atoms with van der Waals surface area (Å²) in [6, 6.07) is 7.30. The van der Waals surface area contributed by atoms with Crippen molar-refractivity contribution in [2.45, 2.75) is 46.2 Å². The lowest BCUT2D eigenvalue weighted by atomic mass is 10.2. The van der Waals surface area contributed by atoms with Crippen LogP contribution < -0.4 is 10.6 Å². The molecule has 1 atom stereocenters. The first kappa shape index (κ1) is 17.7. The molecule has 1 unspecified atom stereocenters. The van der Waals surface area contributed by atoms with Gasteiger partial charge in [-0.2, -0.15) is 0 Å². The molecule has 2 aromatic rings. The van der Waals surface area contributed by atoms with Gasteiger partial charge in [0.05, 0.1) is 6.04 Å². The molecule has 0 spiro atoms. The van der Waals surface area contributed by atoms with Gasteiger partial charge in [0.1, 0.15) is 12.7 Å². The van der Waals surface area contributed by atoms with Crippen LogP contribution in [0, 0.1) is 6.92 Å². The maximum absolute atomic E-state index is 12.1. The fourth-order valence-corrected chi connectivity index (χ4v) is 2.39. The molecule has 7 nitrogen and oxygen atoms in total. The Labute approximate surface area is 141 Å². The quantitative estimate of drug-likeness (QED) is 0.796. The lowest BCUT2D eigenvalue weighted by Gasteiger charge is -2.16. The molecule has 24 heavy (non-hydrogen) atoms. The van der Waals surface area contributed by atoms with Crippen molar-refractivity contribution in [3.63, 3.8) is 0 Å². The Morgan fingerprint density at radius 2 is 1.96 bits per heavy atom. The van der Waals surface area contributed by atoms with E-state index >= 15 is 0 Å². The minimum atomic E-state index is -0.356. The number of benzene rings is 1. The van der Waals surface area contributed by atoms with Crippen molar-refractivity contribution >= 4 is 17.5 Å². The fourth-order valence-electron chi connectivity index (χ4n) is 2.39. The van der Waals surface area contributed by atoms with Crippen LogP contribution in [-0.2, 0) is 9.59 Å². The minimum absolute atomic E-state index is 0.193. The zero-order valence-electron chi connectivity index (χ0n) is 14.4. The van der Waals surface area contributed by atoms with Crippen LogP contribution >= 0.6 is 0 Å². The normalized spacial score (nSPS) is 12.0. The van der Waals surface area contributed by atoms with Gasteiger partial charge in [-0.25, -0.2) is 0 Å². The smallest absolute Gasteiger partial charge is 0.233 e. The molecule has 0 aliphatic heterocycles. The third kappa shape index (κ3) is 4.65. The molecule has 7 heteroatoms. The highest BCUT2D eigenvalue weighted by molar-refractivity contribution is 6.03. The molecule has 0 radical (unpaired) electrons. The fraction of sp³-hybridized carbons (Fsp3) is 0.412. The molecule has 0 saturated carbocycles. The van der Waals surface area contributed by atoms with Crippen molar-refractivity contribution < 1.29 is 9.59 Å². The van der Waals surface area contributed by atoms with Gasteiger partial charge in [0.15, 0.2) is 5.82 Å². The number of rotatable bonds is 6. The third-order valence-corrected chi connectivity index (χ3v) is 3.54. The number of hydrogen-bond acceptors (Lipinski definition) is 4. The van der Waals surface area contributed by atoms with Crippen LogP contribution in [0.2, 0.25) is 0 Å². The van der Waals surface area contributed by atoms with Crippen LogP contribution in [-0.4, -0.2) is 26.6 Å². The summed E-state index contributed by atoms with van der Waals surface area (Å²) in [6.07, 6.45) is 1.39. The summed E-state index contributed by atoms with van der Waals surface area (Å²) in [4.78, 5) is 24.0. The van der Waals surface area contributed by atoms with Crippen LogP contribution in [0.3, 0.4) is 0 Å². The Morgan fingerprint density at radius 3 is 2.62 bits per heavy atom.